The quantitative estimate of drug-likeness (QED) is 0.521. The van der Waals surface area contributed by atoms with E-state index in [1.165, 1.54) is 11.1 Å². The maximum absolute atomic E-state index is 3.49. The summed E-state index contributed by atoms with van der Waals surface area (Å²) in [6, 6.07) is 0. The van der Waals surface area contributed by atoms with E-state index in [1.54, 1.807) is 0 Å². The minimum absolute atomic E-state index is 0.400. The molecule has 0 nitrogen and oxygen atoms in total. The Hall–Kier alpha value is 0. The van der Waals surface area contributed by atoms with Gasteiger partial charge in [-0.2, -0.15) is 0 Å². The summed E-state index contributed by atoms with van der Waals surface area (Å²) in [5.74, 6) is 6.03. The number of hydrogen-bond acceptors (Lipinski definition) is 0. The lowest BCUT2D eigenvalue weighted by atomic mass is 10.2. The molecule has 0 aromatic carbocycles. The minimum atomic E-state index is 0.400. The summed E-state index contributed by atoms with van der Waals surface area (Å²) in [5.41, 5.74) is 2.49. The van der Waals surface area contributed by atoms with Gasteiger partial charge >= 0.3 is 0 Å². The molecule has 0 rings (SSSR count). The van der Waals surface area contributed by atoms with E-state index in [2.05, 4.69) is 71.4 Å². The minimum Gasteiger partial charge on any atom is -0.0845 e. The Morgan fingerprint density at radius 3 is 1.43 bits per heavy atom. The van der Waals surface area contributed by atoms with Crippen LogP contribution in [-0.2, 0) is 0 Å². The smallest absolute Gasteiger partial charge is 0.0332 e. The lowest BCUT2D eigenvalue weighted by Gasteiger charge is -1.99. The first-order valence-corrected chi connectivity index (χ1v) is 6.40. The van der Waals surface area contributed by atoms with Crippen LogP contribution in [0.4, 0.5) is 0 Å². The average Bonchev–Trinajstić information content (AvgIpc) is 2.11. The highest BCUT2D eigenvalue weighted by Gasteiger charge is 1.95. The first-order valence-electron chi connectivity index (χ1n) is 4.57. The van der Waals surface area contributed by atoms with Gasteiger partial charge in [-0.05, 0) is 39.8 Å². The van der Waals surface area contributed by atoms with Gasteiger partial charge in [-0.3, -0.25) is 0 Å². The first kappa shape index (κ1) is 14.0. The number of hydrogen-bond donors (Lipinski definition) is 0. The van der Waals surface area contributed by atoms with Crippen LogP contribution in [-0.4, -0.2) is 9.65 Å². The predicted molar refractivity (Wildman–Crippen MR) is 72.1 cm³/mol. The van der Waals surface area contributed by atoms with Crippen LogP contribution >= 0.6 is 31.9 Å². The number of rotatable bonds is 2. The fraction of sp³-hybridized carbons (Fsp3) is 0.500. The van der Waals surface area contributed by atoms with Crippen molar-refractivity contribution in [3.63, 3.8) is 0 Å². The average molecular weight is 320 g/mol. The molecule has 0 amide bonds. The molecule has 0 saturated carbocycles. The Bertz CT molecular complexity index is 257. The molecule has 0 saturated heterocycles. The summed E-state index contributed by atoms with van der Waals surface area (Å²) in [5, 5.41) is 0. The molecular formula is C12H16Br2. The Labute approximate surface area is 104 Å². The van der Waals surface area contributed by atoms with E-state index in [1.807, 2.05) is 12.2 Å². The van der Waals surface area contributed by atoms with Crippen LogP contribution in [0.15, 0.2) is 23.3 Å². The normalized spacial score (nSPS) is 17.0. The van der Waals surface area contributed by atoms with Crippen molar-refractivity contribution in [3.8, 4) is 11.8 Å². The maximum atomic E-state index is 3.49. The van der Waals surface area contributed by atoms with Crippen LogP contribution < -0.4 is 0 Å². The third kappa shape index (κ3) is 6.45. The van der Waals surface area contributed by atoms with Gasteiger partial charge in [0.05, 0.1) is 0 Å². The largest absolute Gasteiger partial charge is 0.0845 e. The second-order valence-corrected chi connectivity index (χ2v) is 6.04. The third-order valence-corrected chi connectivity index (χ3v) is 3.38. The molecule has 0 spiro atoms. The molecule has 0 aliphatic carbocycles. The second-order valence-electron chi connectivity index (χ2n) is 3.30. The Morgan fingerprint density at radius 1 is 0.929 bits per heavy atom. The van der Waals surface area contributed by atoms with Gasteiger partial charge in [-0.1, -0.05) is 54.8 Å². The molecule has 78 valence electrons. The van der Waals surface area contributed by atoms with Crippen LogP contribution in [0.1, 0.15) is 27.7 Å². The molecule has 2 unspecified atom stereocenters. The summed E-state index contributed by atoms with van der Waals surface area (Å²) in [6.45, 7) is 8.32. The van der Waals surface area contributed by atoms with E-state index in [4.69, 9.17) is 0 Å². The molecule has 2 atom stereocenters. The molecular weight excluding hydrogens is 304 g/mol. The Kier molecular flexibility index (Phi) is 7.31. The van der Waals surface area contributed by atoms with Crippen molar-refractivity contribution < 1.29 is 0 Å². The molecule has 0 aliphatic heterocycles. The van der Waals surface area contributed by atoms with Crippen molar-refractivity contribution in [2.24, 2.45) is 0 Å². The topological polar surface area (TPSA) is 0 Å². The summed E-state index contributed by atoms with van der Waals surface area (Å²) in [7, 11) is 0. The van der Waals surface area contributed by atoms with Crippen molar-refractivity contribution >= 4 is 31.9 Å². The fourth-order valence-electron chi connectivity index (χ4n) is 0.541. The third-order valence-electron chi connectivity index (χ3n) is 1.94. The maximum Gasteiger partial charge on any atom is 0.0332 e. The molecule has 14 heavy (non-hydrogen) atoms. The standard InChI is InChI=1S/C12H16Br2/c1-9(11(3)13)7-5-6-8-10(2)12(4)14/h7-8,11-12H,1-4H3/b9-7+,10-8+. The zero-order valence-corrected chi connectivity index (χ0v) is 12.2. The predicted octanol–water partition coefficient (Wildman–Crippen LogP) is 4.45. The summed E-state index contributed by atoms with van der Waals surface area (Å²) in [6.07, 6.45) is 3.89. The lowest BCUT2D eigenvalue weighted by Crippen LogP contribution is -1.90. The number of alkyl halides is 2. The molecule has 0 fully saturated rings. The van der Waals surface area contributed by atoms with Gasteiger partial charge in [-0.25, -0.2) is 0 Å². The molecule has 2 heteroatoms. The van der Waals surface area contributed by atoms with Crippen molar-refractivity contribution in [1.82, 2.24) is 0 Å². The summed E-state index contributed by atoms with van der Waals surface area (Å²) >= 11 is 6.97. The highest BCUT2D eigenvalue weighted by atomic mass is 79.9. The van der Waals surface area contributed by atoms with Gasteiger partial charge in [0.25, 0.3) is 0 Å². The monoisotopic (exact) mass is 318 g/mol. The van der Waals surface area contributed by atoms with Gasteiger partial charge in [0.2, 0.25) is 0 Å². The Balaban J connectivity index is 4.34. The van der Waals surface area contributed by atoms with E-state index in [-0.39, 0.29) is 0 Å². The number of halogens is 2. The summed E-state index contributed by atoms with van der Waals surface area (Å²) in [4.78, 5) is 0.800. The van der Waals surface area contributed by atoms with Gasteiger partial charge in [0, 0.05) is 9.65 Å². The molecule has 0 aliphatic rings. The SMILES string of the molecule is C/C(=C\C#C/C=C(\C)C(C)Br)C(C)Br. The van der Waals surface area contributed by atoms with E-state index >= 15 is 0 Å². The number of allylic oxidation sites excluding steroid dienone is 4. The molecule has 0 aromatic heterocycles. The molecule has 0 aromatic rings. The van der Waals surface area contributed by atoms with E-state index in [9.17, 15) is 0 Å². The highest BCUT2D eigenvalue weighted by Crippen LogP contribution is 2.10. The van der Waals surface area contributed by atoms with Crippen LogP contribution in [0.25, 0.3) is 0 Å². The lowest BCUT2D eigenvalue weighted by molar-refractivity contribution is 1.14. The van der Waals surface area contributed by atoms with Crippen LogP contribution in [0.2, 0.25) is 0 Å². The van der Waals surface area contributed by atoms with Gasteiger partial charge in [-0.15, -0.1) is 0 Å². The molecule has 0 bridgehead atoms. The van der Waals surface area contributed by atoms with Crippen molar-refractivity contribution in [2.75, 3.05) is 0 Å². The summed E-state index contributed by atoms with van der Waals surface area (Å²) < 4.78 is 0. The van der Waals surface area contributed by atoms with Crippen molar-refractivity contribution in [1.29, 1.82) is 0 Å². The van der Waals surface area contributed by atoms with E-state index in [0.717, 1.165) is 0 Å². The van der Waals surface area contributed by atoms with Crippen LogP contribution in [0.3, 0.4) is 0 Å². The van der Waals surface area contributed by atoms with E-state index in [0.29, 0.717) is 9.65 Å². The molecule has 0 heterocycles. The zero-order valence-electron chi connectivity index (χ0n) is 9.07. The highest BCUT2D eigenvalue weighted by molar-refractivity contribution is 9.09. The first-order chi connectivity index (χ1) is 6.45. The van der Waals surface area contributed by atoms with Crippen LogP contribution in [0, 0.1) is 11.8 Å². The molecule has 0 radical (unpaired) electrons. The van der Waals surface area contributed by atoms with E-state index < -0.39 is 0 Å². The Morgan fingerprint density at radius 2 is 1.21 bits per heavy atom. The zero-order chi connectivity index (χ0) is 11.1. The van der Waals surface area contributed by atoms with Crippen LogP contribution in [0.5, 0.6) is 0 Å². The van der Waals surface area contributed by atoms with Gasteiger partial charge < -0.3 is 0 Å². The molecule has 0 N–H and O–H groups in total. The second kappa shape index (κ2) is 7.31. The van der Waals surface area contributed by atoms with Crippen molar-refractivity contribution in [2.45, 2.75) is 37.3 Å². The van der Waals surface area contributed by atoms with Gasteiger partial charge in [0.15, 0.2) is 0 Å². The van der Waals surface area contributed by atoms with Crippen molar-refractivity contribution in [3.05, 3.63) is 23.3 Å². The van der Waals surface area contributed by atoms with Gasteiger partial charge in [0.1, 0.15) is 0 Å². The fourth-order valence-corrected chi connectivity index (χ4v) is 0.805.